The molecule has 0 saturated heterocycles. The molecule has 4 nitrogen and oxygen atoms in total. The van der Waals surface area contributed by atoms with E-state index in [1.807, 2.05) is 38.1 Å². The summed E-state index contributed by atoms with van der Waals surface area (Å²) in [7, 11) is 1.65. The van der Waals surface area contributed by atoms with Gasteiger partial charge in [-0.25, -0.2) is 4.79 Å². The monoisotopic (exact) mass is 370 g/mol. The van der Waals surface area contributed by atoms with Gasteiger partial charge in [0.25, 0.3) is 0 Å². The molecule has 0 fully saturated rings. The molecular formula is C23H30O4. The van der Waals surface area contributed by atoms with Crippen LogP contribution < -0.4 is 4.74 Å². The van der Waals surface area contributed by atoms with Crippen molar-refractivity contribution in [1.82, 2.24) is 0 Å². The molecule has 27 heavy (non-hydrogen) atoms. The maximum Gasteiger partial charge on any atom is 0.509 e. The van der Waals surface area contributed by atoms with Crippen molar-refractivity contribution in [3.8, 4) is 5.75 Å². The van der Waals surface area contributed by atoms with Gasteiger partial charge in [-0.15, -0.1) is 0 Å². The minimum absolute atomic E-state index is 0.201. The van der Waals surface area contributed by atoms with Crippen LogP contribution in [0.1, 0.15) is 64.4 Å². The van der Waals surface area contributed by atoms with Crippen LogP contribution in [-0.4, -0.2) is 19.4 Å². The van der Waals surface area contributed by atoms with Gasteiger partial charge in [-0.3, -0.25) is 0 Å². The molecule has 0 amide bonds. The molecule has 2 aliphatic rings. The van der Waals surface area contributed by atoms with Crippen LogP contribution in [0.3, 0.4) is 0 Å². The van der Waals surface area contributed by atoms with Gasteiger partial charge in [-0.05, 0) is 81.2 Å². The van der Waals surface area contributed by atoms with Crippen molar-refractivity contribution < 1.29 is 19.0 Å². The van der Waals surface area contributed by atoms with E-state index < -0.39 is 11.8 Å². The predicted octanol–water partition coefficient (Wildman–Crippen LogP) is 6.06. The van der Waals surface area contributed by atoms with Gasteiger partial charge in [-0.2, -0.15) is 0 Å². The Kier molecular flexibility index (Phi) is 6.25. The summed E-state index contributed by atoms with van der Waals surface area (Å²) in [6, 6.07) is 7.80. The Labute approximate surface area is 162 Å². The molecule has 0 heterocycles. The van der Waals surface area contributed by atoms with E-state index in [1.165, 1.54) is 30.4 Å². The van der Waals surface area contributed by atoms with Gasteiger partial charge in [0.15, 0.2) is 0 Å². The summed E-state index contributed by atoms with van der Waals surface area (Å²) in [5.41, 5.74) is 3.20. The first-order valence-corrected chi connectivity index (χ1v) is 9.95. The standard InChI is InChI=1S/C23H30O4/c1-17(2)26-22(24)27-23(20-9-11-21(25-3)12-10-20)15-13-19(14-16-23)18-7-5-4-6-8-18/h7,9-13,17H,4-6,8,14-16H2,1-3H3. The van der Waals surface area contributed by atoms with Gasteiger partial charge in [0.1, 0.15) is 11.4 Å². The lowest BCUT2D eigenvalue weighted by atomic mass is 9.77. The number of methoxy groups -OCH3 is 1. The maximum atomic E-state index is 12.3. The van der Waals surface area contributed by atoms with Crippen molar-refractivity contribution in [2.45, 2.75) is 70.5 Å². The molecule has 1 atom stereocenters. The Bertz CT molecular complexity index is 714. The van der Waals surface area contributed by atoms with E-state index in [-0.39, 0.29) is 6.10 Å². The molecule has 4 heteroatoms. The number of benzene rings is 1. The smallest absolute Gasteiger partial charge is 0.497 e. The first-order chi connectivity index (χ1) is 13.0. The van der Waals surface area contributed by atoms with E-state index in [4.69, 9.17) is 14.2 Å². The number of allylic oxidation sites excluding steroid dienone is 3. The van der Waals surface area contributed by atoms with E-state index in [9.17, 15) is 4.79 Å². The first-order valence-electron chi connectivity index (χ1n) is 9.95. The third-order valence-electron chi connectivity index (χ3n) is 5.41. The van der Waals surface area contributed by atoms with Gasteiger partial charge in [-0.1, -0.05) is 24.3 Å². The molecule has 2 aliphatic carbocycles. The molecule has 1 aromatic carbocycles. The quantitative estimate of drug-likeness (QED) is 0.591. The molecule has 146 valence electrons. The maximum absolute atomic E-state index is 12.3. The highest BCUT2D eigenvalue weighted by molar-refractivity contribution is 5.61. The summed E-state index contributed by atoms with van der Waals surface area (Å²) in [5, 5.41) is 0. The predicted molar refractivity (Wildman–Crippen MR) is 106 cm³/mol. The zero-order chi connectivity index (χ0) is 19.3. The third kappa shape index (κ3) is 4.74. The summed E-state index contributed by atoms with van der Waals surface area (Å²) < 4.78 is 16.5. The minimum Gasteiger partial charge on any atom is -0.497 e. The lowest BCUT2D eigenvalue weighted by molar-refractivity contribution is -0.0542. The summed E-state index contributed by atoms with van der Waals surface area (Å²) in [5.74, 6) is 0.790. The van der Waals surface area contributed by atoms with Crippen LogP contribution in [0, 0.1) is 0 Å². The highest BCUT2D eigenvalue weighted by Crippen LogP contribution is 2.43. The van der Waals surface area contributed by atoms with E-state index >= 15 is 0 Å². The Balaban J connectivity index is 1.85. The number of hydrogen-bond donors (Lipinski definition) is 0. The lowest BCUT2D eigenvalue weighted by Gasteiger charge is -2.37. The van der Waals surface area contributed by atoms with Crippen LogP contribution in [0.2, 0.25) is 0 Å². The van der Waals surface area contributed by atoms with Crippen molar-refractivity contribution in [2.24, 2.45) is 0 Å². The van der Waals surface area contributed by atoms with E-state index in [0.29, 0.717) is 6.42 Å². The number of rotatable bonds is 5. The van der Waals surface area contributed by atoms with Gasteiger partial charge < -0.3 is 14.2 Å². The molecule has 0 bridgehead atoms. The molecule has 3 rings (SSSR count). The topological polar surface area (TPSA) is 44.8 Å². The molecule has 0 aromatic heterocycles. The third-order valence-corrected chi connectivity index (χ3v) is 5.41. The Morgan fingerprint density at radius 1 is 1.04 bits per heavy atom. The molecule has 0 N–H and O–H groups in total. The largest absolute Gasteiger partial charge is 0.509 e. The first kappa shape index (κ1) is 19.5. The average Bonchev–Trinajstić information content (AvgIpc) is 2.68. The van der Waals surface area contributed by atoms with Gasteiger partial charge in [0, 0.05) is 6.42 Å². The molecule has 0 spiro atoms. The highest BCUT2D eigenvalue weighted by Gasteiger charge is 2.39. The second kappa shape index (κ2) is 8.64. The van der Waals surface area contributed by atoms with Crippen LogP contribution in [-0.2, 0) is 15.1 Å². The summed E-state index contributed by atoms with van der Waals surface area (Å²) >= 11 is 0. The van der Waals surface area contributed by atoms with E-state index in [2.05, 4.69) is 12.2 Å². The van der Waals surface area contributed by atoms with Crippen molar-refractivity contribution >= 4 is 6.16 Å². The van der Waals surface area contributed by atoms with E-state index in [1.54, 1.807) is 7.11 Å². The van der Waals surface area contributed by atoms with Crippen LogP contribution in [0.4, 0.5) is 4.79 Å². The average molecular weight is 370 g/mol. The van der Waals surface area contributed by atoms with Crippen LogP contribution in [0.25, 0.3) is 0 Å². The Morgan fingerprint density at radius 2 is 1.78 bits per heavy atom. The fourth-order valence-corrected chi connectivity index (χ4v) is 3.93. The number of ether oxygens (including phenoxy) is 3. The highest BCUT2D eigenvalue weighted by atomic mass is 16.7. The zero-order valence-electron chi connectivity index (χ0n) is 16.6. The molecule has 0 aliphatic heterocycles. The molecule has 0 radical (unpaired) electrons. The summed E-state index contributed by atoms with van der Waals surface area (Å²) in [6.07, 6.45) is 11.1. The minimum atomic E-state index is -0.684. The van der Waals surface area contributed by atoms with Crippen molar-refractivity contribution in [1.29, 1.82) is 0 Å². The van der Waals surface area contributed by atoms with Crippen molar-refractivity contribution in [2.75, 3.05) is 7.11 Å². The van der Waals surface area contributed by atoms with Gasteiger partial charge in [0.2, 0.25) is 0 Å². The number of carbonyl (C=O) groups is 1. The van der Waals surface area contributed by atoms with Crippen LogP contribution in [0.15, 0.2) is 47.6 Å². The molecule has 1 aromatic rings. The fourth-order valence-electron chi connectivity index (χ4n) is 3.93. The second-order valence-corrected chi connectivity index (χ2v) is 7.65. The molecule has 1 unspecified atom stereocenters. The number of carbonyl (C=O) groups excluding carboxylic acids is 1. The van der Waals surface area contributed by atoms with Crippen LogP contribution >= 0.6 is 0 Å². The summed E-state index contributed by atoms with van der Waals surface area (Å²) in [6.45, 7) is 3.66. The van der Waals surface area contributed by atoms with Crippen molar-refractivity contribution in [3.05, 3.63) is 53.1 Å². The Morgan fingerprint density at radius 3 is 2.33 bits per heavy atom. The van der Waals surface area contributed by atoms with Gasteiger partial charge >= 0.3 is 6.16 Å². The zero-order valence-corrected chi connectivity index (χ0v) is 16.6. The van der Waals surface area contributed by atoms with Gasteiger partial charge in [0.05, 0.1) is 13.2 Å². The van der Waals surface area contributed by atoms with E-state index in [0.717, 1.165) is 30.6 Å². The number of hydrogen-bond acceptors (Lipinski definition) is 4. The normalized spacial score (nSPS) is 22.7. The summed E-state index contributed by atoms with van der Waals surface area (Å²) in [4.78, 5) is 12.3. The Hall–Kier alpha value is -2.23. The lowest BCUT2D eigenvalue weighted by Crippen LogP contribution is -2.35. The van der Waals surface area contributed by atoms with Crippen molar-refractivity contribution in [3.63, 3.8) is 0 Å². The molecule has 0 saturated carbocycles. The fraction of sp³-hybridized carbons (Fsp3) is 0.522. The van der Waals surface area contributed by atoms with Crippen LogP contribution in [0.5, 0.6) is 5.75 Å². The molecular weight excluding hydrogens is 340 g/mol. The SMILES string of the molecule is COc1ccc(C2(OC(=O)OC(C)C)CC=C(C3=CCCCC3)CC2)cc1. The second-order valence-electron chi connectivity index (χ2n) is 7.65.